The van der Waals surface area contributed by atoms with Gasteiger partial charge in [0.05, 0.1) is 6.04 Å². The van der Waals surface area contributed by atoms with Crippen LogP contribution in [0, 0.1) is 16.2 Å². The minimum Gasteiger partial charge on any atom is -0.481 e. The molecule has 0 saturated carbocycles. The first-order valence-corrected chi connectivity index (χ1v) is 5.74. The SMILES string of the molecule is CC(C)(C)C(C)(C1COC=N1)C(C)(C)C. The van der Waals surface area contributed by atoms with Crippen molar-refractivity contribution in [3.63, 3.8) is 0 Å². The van der Waals surface area contributed by atoms with Crippen LogP contribution in [-0.2, 0) is 4.74 Å². The molecule has 0 aliphatic carbocycles. The third kappa shape index (κ3) is 1.91. The topological polar surface area (TPSA) is 21.6 Å². The van der Waals surface area contributed by atoms with E-state index in [9.17, 15) is 0 Å². The molecule has 0 bridgehead atoms. The normalized spacial score (nSPS) is 23.0. The van der Waals surface area contributed by atoms with Gasteiger partial charge in [0.1, 0.15) is 6.61 Å². The Labute approximate surface area is 94.1 Å². The molecule has 1 aliphatic rings. The molecule has 0 fully saturated rings. The van der Waals surface area contributed by atoms with Crippen LogP contribution in [0.1, 0.15) is 48.5 Å². The van der Waals surface area contributed by atoms with Crippen molar-refractivity contribution < 1.29 is 4.74 Å². The molecule has 1 unspecified atom stereocenters. The molecule has 15 heavy (non-hydrogen) atoms. The molecule has 0 aromatic carbocycles. The lowest BCUT2D eigenvalue weighted by Crippen LogP contribution is -2.52. The quantitative estimate of drug-likeness (QED) is 0.650. The average Bonchev–Trinajstić information content (AvgIpc) is 2.49. The van der Waals surface area contributed by atoms with Crippen molar-refractivity contribution in [2.45, 2.75) is 54.5 Å². The van der Waals surface area contributed by atoms with Gasteiger partial charge in [-0.3, -0.25) is 4.99 Å². The van der Waals surface area contributed by atoms with Crippen LogP contribution in [0.15, 0.2) is 4.99 Å². The van der Waals surface area contributed by atoms with Crippen LogP contribution in [0.2, 0.25) is 0 Å². The van der Waals surface area contributed by atoms with Crippen molar-refractivity contribution in [1.82, 2.24) is 0 Å². The summed E-state index contributed by atoms with van der Waals surface area (Å²) in [6.45, 7) is 16.9. The maximum absolute atomic E-state index is 5.30. The standard InChI is InChI=1S/C13H25NO/c1-11(2,3)13(7,12(4,5)6)10-8-15-9-14-10/h9-10H,8H2,1-7H3. The van der Waals surface area contributed by atoms with Crippen molar-refractivity contribution in [2.24, 2.45) is 21.2 Å². The molecule has 1 aliphatic heterocycles. The summed E-state index contributed by atoms with van der Waals surface area (Å²) in [4.78, 5) is 4.49. The minimum atomic E-state index is 0.132. The Morgan fingerprint density at radius 3 is 1.73 bits per heavy atom. The van der Waals surface area contributed by atoms with E-state index in [2.05, 4.69) is 53.5 Å². The van der Waals surface area contributed by atoms with Gasteiger partial charge in [-0.15, -0.1) is 0 Å². The van der Waals surface area contributed by atoms with Gasteiger partial charge in [-0.05, 0) is 10.8 Å². The molecule has 2 heteroatoms. The first kappa shape index (κ1) is 12.5. The Balaban J connectivity index is 3.13. The summed E-state index contributed by atoms with van der Waals surface area (Å²) in [6, 6.07) is 0.275. The predicted octanol–water partition coefficient (Wildman–Crippen LogP) is 3.51. The Bertz CT molecular complexity index is 241. The first-order valence-electron chi connectivity index (χ1n) is 5.74. The zero-order chi connectivity index (χ0) is 11.9. The van der Waals surface area contributed by atoms with Crippen molar-refractivity contribution in [3.8, 4) is 0 Å². The second kappa shape index (κ2) is 3.50. The van der Waals surface area contributed by atoms with Gasteiger partial charge in [-0.2, -0.15) is 0 Å². The molecule has 0 saturated heterocycles. The number of ether oxygens (including phenoxy) is 1. The van der Waals surface area contributed by atoms with Gasteiger partial charge in [0.15, 0.2) is 6.40 Å². The highest BCUT2D eigenvalue weighted by Crippen LogP contribution is 2.54. The van der Waals surface area contributed by atoms with E-state index in [1.165, 1.54) is 0 Å². The molecule has 0 radical (unpaired) electrons. The van der Waals surface area contributed by atoms with E-state index in [1.807, 2.05) is 0 Å². The monoisotopic (exact) mass is 211 g/mol. The molecule has 2 nitrogen and oxygen atoms in total. The second-order valence-corrected chi connectivity index (χ2v) is 6.81. The van der Waals surface area contributed by atoms with E-state index in [4.69, 9.17) is 4.74 Å². The third-order valence-electron chi connectivity index (χ3n) is 4.35. The maximum atomic E-state index is 5.30. The first-order chi connectivity index (χ1) is 6.61. The van der Waals surface area contributed by atoms with E-state index in [0.29, 0.717) is 0 Å². The predicted molar refractivity (Wildman–Crippen MR) is 65.2 cm³/mol. The molecule has 0 N–H and O–H groups in total. The van der Waals surface area contributed by atoms with Gasteiger partial charge in [0.2, 0.25) is 0 Å². The lowest BCUT2D eigenvalue weighted by molar-refractivity contribution is -0.0421. The Hall–Kier alpha value is -0.530. The van der Waals surface area contributed by atoms with Gasteiger partial charge < -0.3 is 4.74 Å². The highest BCUT2D eigenvalue weighted by Gasteiger charge is 2.52. The number of hydrogen-bond acceptors (Lipinski definition) is 2. The molecule has 0 amide bonds. The molecule has 1 rings (SSSR count). The van der Waals surface area contributed by atoms with E-state index >= 15 is 0 Å². The second-order valence-electron chi connectivity index (χ2n) is 6.81. The molecule has 0 aromatic rings. The summed E-state index contributed by atoms with van der Waals surface area (Å²) in [5.41, 5.74) is 0.551. The maximum Gasteiger partial charge on any atom is 0.169 e. The van der Waals surface area contributed by atoms with Crippen LogP contribution in [-0.4, -0.2) is 19.0 Å². The molecular formula is C13H25NO. The summed E-state index contributed by atoms with van der Waals surface area (Å²) in [5.74, 6) is 0. The molecule has 88 valence electrons. The fraction of sp³-hybridized carbons (Fsp3) is 0.923. The van der Waals surface area contributed by atoms with E-state index in [0.717, 1.165) is 6.61 Å². The van der Waals surface area contributed by atoms with E-state index < -0.39 is 0 Å². The van der Waals surface area contributed by atoms with Crippen molar-refractivity contribution >= 4 is 6.40 Å². The third-order valence-corrected chi connectivity index (χ3v) is 4.35. The fourth-order valence-electron chi connectivity index (χ4n) is 2.73. The highest BCUT2D eigenvalue weighted by molar-refractivity contribution is 5.49. The van der Waals surface area contributed by atoms with E-state index in [1.54, 1.807) is 6.40 Å². The largest absolute Gasteiger partial charge is 0.481 e. The lowest BCUT2D eigenvalue weighted by atomic mass is 9.52. The smallest absolute Gasteiger partial charge is 0.169 e. The summed E-state index contributed by atoms with van der Waals surface area (Å²) in [5, 5.41) is 0. The van der Waals surface area contributed by atoms with Gasteiger partial charge in [-0.1, -0.05) is 48.5 Å². The fourth-order valence-corrected chi connectivity index (χ4v) is 2.73. The summed E-state index contributed by atoms with van der Waals surface area (Å²) in [6.07, 6.45) is 1.61. The summed E-state index contributed by atoms with van der Waals surface area (Å²) in [7, 11) is 0. The average molecular weight is 211 g/mol. The highest BCUT2D eigenvalue weighted by atomic mass is 16.5. The Morgan fingerprint density at radius 1 is 1.00 bits per heavy atom. The molecule has 0 spiro atoms. The Morgan fingerprint density at radius 2 is 1.47 bits per heavy atom. The number of aliphatic imine (C=N–C) groups is 1. The summed E-state index contributed by atoms with van der Waals surface area (Å²) >= 11 is 0. The molecule has 0 aromatic heterocycles. The van der Waals surface area contributed by atoms with Crippen LogP contribution in [0.3, 0.4) is 0 Å². The van der Waals surface area contributed by atoms with Crippen molar-refractivity contribution in [3.05, 3.63) is 0 Å². The van der Waals surface area contributed by atoms with E-state index in [-0.39, 0.29) is 22.3 Å². The van der Waals surface area contributed by atoms with Gasteiger partial charge in [0, 0.05) is 5.41 Å². The van der Waals surface area contributed by atoms with Crippen LogP contribution in [0.4, 0.5) is 0 Å². The number of hydrogen-bond donors (Lipinski definition) is 0. The number of nitrogens with zero attached hydrogens (tertiary/aromatic N) is 1. The number of rotatable bonds is 1. The molecular weight excluding hydrogens is 186 g/mol. The van der Waals surface area contributed by atoms with Crippen LogP contribution >= 0.6 is 0 Å². The van der Waals surface area contributed by atoms with Gasteiger partial charge in [0.25, 0.3) is 0 Å². The molecule has 1 atom stereocenters. The summed E-state index contributed by atoms with van der Waals surface area (Å²) < 4.78 is 5.30. The van der Waals surface area contributed by atoms with Crippen molar-refractivity contribution in [1.29, 1.82) is 0 Å². The molecule has 1 heterocycles. The van der Waals surface area contributed by atoms with Crippen LogP contribution in [0.5, 0.6) is 0 Å². The lowest BCUT2D eigenvalue weighted by Gasteiger charge is -2.53. The Kier molecular flexibility index (Phi) is 2.92. The zero-order valence-electron chi connectivity index (χ0n) is 11.2. The minimum absolute atomic E-state index is 0.132. The van der Waals surface area contributed by atoms with Gasteiger partial charge in [-0.25, -0.2) is 0 Å². The van der Waals surface area contributed by atoms with Crippen molar-refractivity contribution in [2.75, 3.05) is 6.61 Å². The zero-order valence-corrected chi connectivity index (χ0v) is 11.2. The van der Waals surface area contributed by atoms with Crippen LogP contribution < -0.4 is 0 Å². The van der Waals surface area contributed by atoms with Gasteiger partial charge >= 0.3 is 0 Å². The van der Waals surface area contributed by atoms with Crippen LogP contribution in [0.25, 0.3) is 0 Å².